The van der Waals surface area contributed by atoms with Gasteiger partial charge in [-0.2, -0.15) is 0 Å². The van der Waals surface area contributed by atoms with Gasteiger partial charge in [-0.3, -0.25) is 0 Å². The number of benzene rings is 1. The summed E-state index contributed by atoms with van der Waals surface area (Å²) >= 11 is 2.37. The van der Waals surface area contributed by atoms with E-state index in [2.05, 4.69) is 15.5 Å². The van der Waals surface area contributed by atoms with Gasteiger partial charge in [0.2, 0.25) is 5.13 Å². The number of rotatable bonds is 6. The maximum Gasteiger partial charge on any atom is 0.210 e. The molecule has 19 heavy (non-hydrogen) atoms. The SMILES string of the molecule is COc1cccc(Nc2nnc(SCC(=O)[O-])s2)c1. The van der Waals surface area contributed by atoms with Gasteiger partial charge < -0.3 is 20.0 Å². The highest BCUT2D eigenvalue weighted by molar-refractivity contribution is 8.01. The molecule has 0 amide bonds. The summed E-state index contributed by atoms with van der Waals surface area (Å²) in [6, 6.07) is 7.40. The third kappa shape index (κ3) is 4.11. The second kappa shape index (κ2) is 6.39. The smallest absolute Gasteiger partial charge is 0.210 e. The molecule has 0 radical (unpaired) electrons. The summed E-state index contributed by atoms with van der Waals surface area (Å²) in [5.41, 5.74) is 0.826. The number of nitrogens with one attached hydrogen (secondary N) is 1. The summed E-state index contributed by atoms with van der Waals surface area (Å²) in [6.45, 7) is 0. The number of hydrogen-bond donors (Lipinski definition) is 1. The van der Waals surface area contributed by atoms with E-state index in [9.17, 15) is 9.90 Å². The van der Waals surface area contributed by atoms with Crippen LogP contribution in [-0.4, -0.2) is 29.0 Å². The summed E-state index contributed by atoms with van der Waals surface area (Å²) < 4.78 is 5.69. The van der Waals surface area contributed by atoms with Crippen molar-refractivity contribution in [2.24, 2.45) is 0 Å². The van der Waals surface area contributed by atoms with E-state index in [0.29, 0.717) is 9.47 Å². The van der Waals surface area contributed by atoms with Crippen LogP contribution in [-0.2, 0) is 4.79 Å². The number of thioether (sulfide) groups is 1. The molecule has 100 valence electrons. The zero-order valence-electron chi connectivity index (χ0n) is 9.95. The molecule has 1 aromatic heterocycles. The van der Waals surface area contributed by atoms with Crippen molar-refractivity contribution >= 4 is 39.9 Å². The number of carbonyl (C=O) groups is 1. The van der Waals surface area contributed by atoms with Crippen LogP contribution in [0.25, 0.3) is 0 Å². The van der Waals surface area contributed by atoms with Crippen LogP contribution in [0.1, 0.15) is 0 Å². The summed E-state index contributed by atoms with van der Waals surface area (Å²) in [4.78, 5) is 10.3. The molecule has 0 bridgehead atoms. The minimum Gasteiger partial charge on any atom is -0.549 e. The van der Waals surface area contributed by atoms with Crippen molar-refractivity contribution in [1.82, 2.24) is 10.2 Å². The van der Waals surface area contributed by atoms with Crippen molar-refractivity contribution in [3.63, 3.8) is 0 Å². The molecule has 2 aromatic rings. The van der Waals surface area contributed by atoms with Crippen LogP contribution >= 0.6 is 23.1 Å². The number of hydrogen-bond acceptors (Lipinski definition) is 8. The lowest BCUT2D eigenvalue weighted by Crippen LogP contribution is -2.24. The first-order valence-electron chi connectivity index (χ1n) is 5.24. The average molecular weight is 296 g/mol. The highest BCUT2D eigenvalue weighted by Gasteiger charge is 2.05. The van der Waals surface area contributed by atoms with Crippen molar-refractivity contribution in [2.45, 2.75) is 4.34 Å². The Labute approximate surface area is 117 Å². The predicted molar refractivity (Wildman–Crippen MR) is 71.9 cm³/mol. The molecular formula is C11H10N3O3S2-. The Hall–Kier alpha value is -1.80. The van der Waals surface area contributed by atoms with Gasteiger partial charge in [-0.25, -0.2) is 0 Å². The molecule has 0 fully saturated rings. The molecule has 0 unspecified atom stereocenters. The molecule has 0 saturated carbocycles. The molecule has 8 heteroatoms. The lowest BCUT2D eigenvalue weighted by Gasteiger charge is -2.04. The molecule has 0 aliphatic heterocycles. The van der Waals surface area contributed by atoms with Crippen molar-refractivity contribution in [3.8, 4) is 5.75 Å². The topological polar surface area (TPSA) is 87.2 Å². The van der Waals surface area contributed by atoms with E-state index in [1.165, 1.54) is 11.3 Å². The van der Waals surface area contributed by atoms with E-state index in [4.69, 9.17) is 4.74 Å². The van der Waals surface area contributed by atoms with Crippen LogP contribution in [0, 0.1) is 0 Å². The minimum absolute atomic E-state index is 0.131. The fourth-order valence-electron chi connectivity index (χ4n) is 1.26. The third-order valence-corrected chi connectivity index (χ3v) is 3.99. The largest absolute Gasteiger partial charge is 0.549 e. The van der Waals surface area contributed by atoms with E-state index in [1.807, 2.05) is 24.3 Å². The number of nitrogens with zero attached hydrogens (tertiary/aromatic N) is 2. The number of carbonyl (C=O) groups excluding carboxylic acids is 1. The van der Waals surface area contributed by atoms with Gasteiger partial charge in [0.15, 0.2) is 4.34 Å². The van der Waals surface area contributed by atoms with Crippen LogP contribution < -0.4 is 15.2 Å². The van der Waals surface area contributed by atoms with E-state index in [1.54, 1.807) is 7.11 Å². The molecule has 6 nitrogen and oxygen atoms in total. The summed E-state index contributed by atoms with van der Waals surface area (Å²) in [7, 11) is 1.60. The third-order valence-electron chi connectivity index (χ3n) is 2.04. The van der Waals surface area contributed by atoms with E-state index < -0.39 is 5.97 Å². The first-order chi connectivity index (χ1) is 9.17. The minimum atomic E-state index is -1.12. The van der Waals surface area contributed by atoms with Gasteiger partial charge in [-0.15, -0.1) is 10.2 Å². The van der Waals surface area contributed by atoms with Gasteiger partial charge in [-0.05, 0) is 12.1 Å². The standard InChI is InChI=1S/C11H11N3O3S2/c1-17-8-4-2-3-7(5-8)12-10-13-14-11(19-10)18-6-9(15)16/h2-5H,6H2,1H3,(H,12,13)(H,15,16)/p-1. The van der Waals surface area contributed by atoms with Crippen molar-refractivity contribution in [3.05, 3.63) is 24.3 Å². The number of aliphatic carboxylic acids is 1. The Morgan fingerprint density at radius 3 is 3.11 bits per heavy atom. The molecule has 1 heterocycles. The number of methoxy groups -OCH3 is 1. The zero-order valence-corrected chi connectivity index (χ0v) is 11.6. The fraction of sp³-hybridized carbons (Fsp3) is 0.182. The second-order valence-corrected chi connectivity index (χ2v) is 5.59. The highest BCUT2D eigenvalue weighted by atomic mass is 32.2. The highest BCUT2D eigenvalue weighted by Crippen LogP contribution is 2.28. The number of ether oxygens (including phenoxy) is 1. The Kier molecular flexibility index (Phi) is 4.58. The lowest BCUT2D eigenvalue weighted by molar-refractivity contribution is -0.301. The molecule has 1 N–H and O–H groups in total. The van der Waals surface area contributed by atoms with Gasteiger partial charge in [-0.1, -0.05) is 29.2 Å². The Bertz CT molecular complexity index is 574. The Balaban J connectivity index is 2.00. The van der Waals surface area contributed by atoms with Crippen LogP contribution in [0.15, 0.2) is 28.6 Å². The molecule has 0 aliphatic carbocycles. The summed E-state index contributed by atoms with van der Waals surface area (Å²) in [5, 5.41) is 21.8. The number of carboxylic acids is 1. The van der Waals surface area contributed by atoms with Gasteiger partial charge in [0.25, 0.3) is 0 Å². The fourth-order valence-corrected chi connectivity index (χ4v) is 2.75. The monoisotopic (exact) mass is 296 g/mol. The van der Waals surface area contributed by atoms with Crippen molar-refractivity contribution in [1.29, 1.82) is 0 Å². The molecule has 0 atom stereocenters. The predicted octanol–water partition coefficient (Wildman–Crippen LogP) is 1.13. The van der Waals surface area contributed by atoms with Crippen molar-refractivity contribution < 1.29 is 14.6 Å². The zero-order chi connectivity index (χ0) is 13.7. The van der Waals surface area contributed by atoms with E-state index in [0.717, 1.165) is 23.2 Å². The number of carboxylic acid groups (broad SMARTS) is 1. The average Bonchev–Trinajstić information content (AvgIpc) is 2.84. The Morgan fingerprint density at radius 1 is 1.53 bits per heavy atom. The molecule has 2 rings (SSSR count). The second-order valence-electron chi connectivity index (χ2n) is 3.39. The maximum absolute atomic E-state index is 10.3. The van der Waals surface area contributed by atoms with Crippen LogP contribution in [0.4, 0.5) is 10.8 Å². The number of anilines is 2. The Morgan fingerprint density at radius 2 is 2.37 bits per heavy atom. The lowest BCUT2D eigenvalue weighted by atomic mass is 10.3. The van der Waals surface area contributed by atoms with Crippen LogP contribution in [0.2, 0.25) is 0 Å². The first-order valence-corrected chi connectivity index (χ1v) is 7.05. The summed E-state index contributed by atoms with van der Waals surface area (Å²) in [5.74, 6) is -0.517. The van der Waals surface area contributed by atoms with Gasteiger partial charge >= 0.3 is 0 Å². The summed E-state index contributed by atoms with van der Waals surface area (Å²) in [6.07, 6.45) is 0. The van der Waals surface area contributed by atoms with E-state index in [-0.39, 0.29) is 5.75 Å². The van der Waals surface area contributed by atoms with E-state index >= 15 is 0 Å². The van der Waals surface area contributed by atoms with Crippen LogP contribution in [0.5, 0.6) is 5.75 Å². The quantitative estimate of drug-likeness (QED) is 0.799. The molecule has 1 aromatic carbocycles. The van der Waals surface area contributed by atoms with Gasteiger partial charge in [0, 0.05) is 17.5 Å². The molecule has 0 spiro atoms. The maximum atomic E-state index is 10.3. The van der Waals surface area contributed by atoms with Gasteiger partial charge in [0.05, 0.1) is 13.1 Å². The molecule has 0 aliphatic rings. The van der Waals surface area contributed by atoms with Crippen LogP contribution in [0.3, 0.4) is 0 Å². The molecular weight excluding hydrogens is 286 g/mol. The van der Waals surface area contributed by atoms with Crippen molar-refractivity contribution in [2.75, 3.05) is 18.2 Å². The van der Waals surface area contributed by atoms with Gasteiger partial charge in [0.1, 0.15) is 5.75 Å². The normalized spacial score (nSPS) is 10.2. The number of aromatic nitrogens is 2. The molecule has 0 saturated heterocycles. The first kappa shape index (κ1) is 13.6.